The zero-order chi connectivity index (χ0) is 22.9. The summed E-state index contributed by atoms with van der Waals surface area (Å²) in [5, 5.41) is 2.80. The molecule has 0 aliphatic carbocycles. The molecular formula is C23H34BNO5. The van der Waals surface area contributed by atoms with Gasteiger partial charge in [-0.25, -0.2) is 4.79 Å². The van der Waals surface area contributed by atoms with Gasteiger partial charge in [0.25, 0.3) is 0 Å². The Kier molecular flexibility index (Phi) is 6.89. The minimum atomic E-state index is -0.614. The van der Waals surface area contributed by atoms with Crippen LogP contribution in [0.5, 0.6) is 0 Å². The van der Waals surface area contributed by atoms with Crippen LogP contribution in [0.1, 0.15) is 76.9 Å². The molecule has 0 saturated carbocycles. The van der Waals surface area contributed by atoms with Crippen LogP contribution < -0.4 is 5.32 Å². The lowest BCUT2D eigenvalue weighted by Gasteiger charge is -2.32. The number of hydrogen-bond acceptors (Lipinski definition) is 5. The van der Waals surface area contributed by atoms with Crippen LogP contribution in [0, 0.1) is 6.92 Å². The van der Waals surface area contributed by atoms with Gasteiger partial charge in [-0.1, -0.05) is 18.2 Å². The van der Waals surface area contributed by atoms with Crippen molar-refractivity contribution in [2.75, 3.05) is 6.54 Å². The van der Waals surface area contributed by atoms with Crippen LogP contribution >= 0.6 is 0 Å². The zero-order valence-corrected chi connectivity index (χ0v) is 19.6. The normalized spacial score (nSPS) is 18.3. The Labute approximate surface area is 180 Å². The molecule has 1 N–H and O–H groups in total. The maximum atomic E-state index is 12.2. The van der Waals surface area contributed by atoms with Gasteiger partial charge in [0, 0.05) is 12.1 Å². The molecular weight excluding hydrogens is 381 g/mol. The molecule has 1 fully saturated rings. The highest BCUT2D eigenvalue weighted by atomic mass is 16.7. The number of alkyl carbamates (subject to hydrolysis) is 1. The van der Waals surface area contributed by atoms with Crippen LogP contribution in [0.15, 0.2) is 23.7 Å². The molecule has 1 heterocycles. The van der Waals surface area contributed by atoms with E-state index in [4.69, 9.17) is 14.0 Å². The van der Waals surface area contributed by atoms with E-state index in [2.05, 4.69) is 5.32 Å². The number of benzene rings is 1. The van der Waals surface area contributed by atoms with Crippen LogP contribution in [0.3, 0.4) is 0 Å². The molecule has 164 valence electrons. The number of amides is 1. The topological polar surface area (TPSA) is 73.9 Å². The van der Waals surface area contributed by atoms with E-state index in [1.165, 1.54) is 0 Å². The number of carbonyl (C=O) groups excluding carboxylic acids is 2. The first-order valence-electron chi connectivity index (χ1n) is 10.3. The van der Waals surface area contributed by atoms with Crippen molar-refractivity contribution in [3.05, 3.63) is 40.4 Å². The van der Waals surface area contributed by atoms with Crippen LogP contribution in [0.2, 0.25) is 0 Å². The van der Waals surface area contributed by atoms with Crippen molar-refractivity contribution in [3.8, 4) is 0 Å². The lowest BCUT2D eigenvalue weighted by atomic mass is 9.76. The molecule has 1 aliphatic heterocycles. The van der Waals surface area contributed by atoms with Crippen molar-refractivity contribution in [1.29, 1.82) is 0 Å². The average molecular weight is 415 g/mol. The average Bonchev–Trinajstić information content (AvgIpc) is 2.78. The van der Waals surface area contributed by atoms with Gasteiger partial charge in [0.15, 0.2) is 5.78 Å². The first-order valence-corrected chi connectivity index (χ1v) is 10.3. The number of rotatable bonds is 5. The lowest BCUT2D eigenvalue weighted by molar-refractivity contribution is 0.00578. The predicted molar refractivity (Wildman–Crippen MR) is 119 cm³/mol. The van der Waals surface area contributed by atoms with Crippen LogP contribution in [-0.4, -0.2) is 42.3 Å². The number of nitrogens with one attached hydrogen (secondary N) is 1. The fraction of sp³-hybridized carbons (Fsp3) is 0.565. The number of Topliss-reactive ketones (excluding diaryl/α,β-unsaturated/α-hetero) is 1. The summed E-state index contributed by atoms with van der Waals surface area (Å²) in [7, 11) is -0.614. The first-order chi connectivity index (χ1) is 13.6. The second-order valence-electron chi connectivity index (χ2n) is 9.79. The van der Waals surface area contributed by atoms with Crippen molar-refractivity contribution in [3.63, 3.8) is 0 Å². The molecule has 0 atom stereocenters. The highest BCUT2D eigenvalue weighted by Crippen LogP contribution is 2.38. The first kappa shape index (κ1) is 24.2. The minimum absolute atomic E-state index is 0.0198. The molecule has 1 aromatic rings. The number of ether oxygens (including phenoxy) is 1. The van der Waals surface area contributed by atoms with E-state index < -0.39 is 30.0 Å². The highest BCUT2D eigenvalue weighted by molar-refractivity contribution is 6.56. The van der Waals surface area contributed by atoms with Crippen molar-refractivity contribution in [2.45, 2.75) is 79.1 Å². The number of carbonyl (C=O) groups is 2. The van der Waals surface area contributed by atoms with E-state index in [1.807, 2.05) is 73.6 Å². The molecule has 1 saturated heterocycles. The van der Waals surface area contributed by atoms with Gasteiger partial charge in [-0.05, 0) is 85.0 Å². The molecule has 0 aromatic heterocycles. The summed E-state index contributed by atoms with van der Waals surface area (Å²) in [6, 6.07) is 5.55. The third kappa shape index (κ3) is 5.95. The highest BCUT2D eigenvalue weighted by Gasteiger charge is 2.52. The quantitative estimate of drug-likeness (QED) is 0.556. The molecule has 0 spiro atoms. The summed E-state index contributed by atoms with van der Waals surface area (Å²) in [5.41, 5.74) is 1.71. The Bertz CT molecular complexity index is 836. The summed E-state index contributed by atoms with van der Waals surface area (Å²) >= 11 is 0. The summed E-state index contributed by atoms with van der Waals surface area (Å²) in [4.78, 5) is 23.9. The van der Waals surface area contributed by atoms with Gasteiger partial charge in [0.1, 0.15) is 5.60 Å². The van der Waals surface area contributed by atoms with E-state index in [9.17, 15) is 9.59 Å². The predicted octanol–water partition coefficient (Wildman–Crippen LogP) is 4.74. The fourth-order valence-corrected chi connectivity index (χ4v) is 2.94. The third-order valence-corrected chi connectivity index (χ3v) is 5.41. The van der Waals surface area contributed by atoms with E-state index in [0.717, 1.165) is 16.6 Å². The molecule has 1 aliphatic rings. The maximum Gasteiger partial charge on any atom is 0.492 e. The van der Waals surface area contributed by atoms with Gasteiger partial charge in [0.05, 0.1) is 11.2 Å². The van der Waals surface area contributed by atoms with Crippen molar-refractivity contribution in [1.82, 2.24) is 5.32 Å². The van der Waals surface area contributed by atoms with E-state index in [1.54, 1.807) is 13.0 Å². The second-order valence-corrected chi connectivity index (χ2v) is 9.79. The van der Waals surface area contributed by atoms with Gasteiger partial charge in [-0.15, -0.1) is 0 Å². The fourth-order valence-electron chi connectivity index (χ4n) is 2.94. The van der Waals surface area contributed by atoms with E-state index in [0.29, 0.717) is 5.56 Å². The smallest absolute Gasteiger partial charge is 0.444 e. The monoisotopic (exact) mass is 415 g/mol. The Morgan fingerprint density at radius 1 is 1.13 bits per heavy atom. The second kappa shape index (κ2) is 8.56. The van der Waals surface area contributed by atoms with Crippen LogP contribution in [0.25, 0.3) is 6.08 Å². The lowest BCUT2D eigenvalue weighted by Crippen LogP contribution is -2.41. The largest absolute Gasteiger partial charge is 0.492 e. The molecule has 6 nitrogen and oxygen atoms in total. The molecule has 1 amide bonds. The number of aryl methyl sites for hydroxylation is 1. The summed E-state index contributed by atoms with van der Waals surface area (Å²) in [5.74, 6) is 0.0198. The Morgan fingerprint density at radius 3 is 2.17 bits per heavy atom. The van der Waals surface area contributed by atoms with Crippen molar-refractivity contribution < 1.29 is 23.6 Å². The SMILES string of the molecule is CC(=O)c1ccc(C=C(CNC(=O)OC(C)(C)C)B2OC(C)(C)C(C)(C)O2)c(C)c1. The maximum absolute atomic E-state index is 12.2. The van der Waals surface area contributed by atoms with E-state index >= 15 is 0 Å². The van der Waals surface area contributed by atoms with Crippen molar-refractivity contribution in [2.24, 2.45) is 0 Å². The van der Waals surface area contributed by atoms with Gasteiger partial charge in [-0.3, -0.25) is 4.79 Å². The standard InChI is InChI=1S/C23H34BNO5/c1-15-12-18(16(2)26)11-10-17(15)13-19(14-25-20(27)28-21(3,4)5)24-29-22(6,7)23(8,9)30-24/h10-13H,14H2,1-9H3,(H,25,27). The molecule has 2 rings (SSSR count). The Morgan fingerprint density at radius 2 is 1.70 bits per heavy atom. The van der Waals surface area contributed by atoms with Gasteiger partial charge in [-0.2, -0.15) is 0 Å². The molecule has 0 radical (unpaired) electrons. The Balaban J connectivity index is 2.33. The van der Waals surface area contributed by atoms with Crippen LogP contribution in [0.4, 0.5) is 4.79 Å². The number of ketones is 1. The summed E-state index contributed by atoms with van der Waals surface area (Å²) in [6.45, 7) is 17.1. The third-order valence-electron chi connectivity index (χ3n) is 5.41. The molecule has 7 heteroatoms. The summed E-state index contributed by atoms with van der Waals surface area (Å²) < 4.78 is 17.7. The zero-order valence-electron chi connectivity index (χ0n) is 19.6. The van der Waals surface area contributed by atoms with Gasteiger partial charge >= 0.3 is 13.2 Å². The van der Waals surface area contributed by atoms with Gasteiger partial charge in [0.2, 0.25) is 0 Å². The van der Waals surface area contributed by atoms with Crippen LogP contribution in [-0.2, 0) is 14.0 Å². The summed E-state index contributed by atoms with van der Waals surface area (Å²) in [6.07, 6.45) is 1.44. The molecule has 30 heavy (non-hydrogen) atoms. The number of hydrogen-bond donors (Lipinski definition) is 1. The van der Waals surface area contributed by atoms with Crippen molar-refractivity contribution >= 4 is 25.1 Å². The van der Waals surface area contributed by atoms with Gasteiger partial charge < -0.3 is 19.4 Å². The Hall–Kier alpha value is -2.12. The molecule has 1 aromatic carbocycles. The van der Waals surface area contributed by atoms with E-state index in [-0.39, 0.29) is 12.3 Å². The minimum Gasteiger partial charge on any atom is -0.444 e. The molecule has 0 bridgehead atoms. The molecule has 0 unspecified atom stereocenters.